The third-order valence-corrected chi connectivity index (χ3v) is 3.93. The summed E-state index contributed by atoms with van der Waals surface area (Å²) in [4.78, 5) is 11.1. The number of halogens is 2. The molecule has 0 heterocycles. The molecule has 0 bridgehead atoms. The van der Waals surface area contributed by atoms with Crippen molar-refractivity contribution in [3.8, 4) is 0 Å². The minimum Gasteiger partial charge on any atom is -0.369 e. The van der Waals surface area contributed by atoms with Crippen LogP contribution >= 0.6 is 0 Å². The van der Waals surface area contributed by atoms with Gasteiger partial charge in [-0.2, -0.15) is 0 Å². The molecule has 1 aromatic rings. The van der Waals surface area contributed by atoms with E-state index in [1.165, 1.54) is 12.1 Å². The van der Waals surface area contributed by atoms with Crippen LogP contribution < -0.4 is 11.1 Å². The summed E-state index contributed by atoms with van der Waals surface area (Å²) in [5, 5.41) is 3.37. The molecular weight excluding hydrogens is 262 g/mol. The molecule has 0 radical (unpaired) electrons. The van der Waals surface area contributed by atoms with Gasteiger partial charge in [-0.05, 0) is 37.3 Å². The first-order valence-corrected chi connectivity index (χ1v) is 6.96. The minimum absolute atomic E-state index is 0.00443. The van der Waals surface area contributed by atoms with Crippen molar-refractivity contribution in [2.45, 2.75) is 44.7 Å². The molecule has 0 aliphatic heterocycles. The summed E-state index contributed by atoms with van der Waals surface area (Å²) in [5.41, 5.74) is 6.21. The van der Waals surface area contributed by atoms with Crippen molar-refractivity contribution < 1.29 is 13.6 Å². The van der Waals surface area contributed by atoms with E-state index in [0.717, 1.165) is 31.2 Å². The van der Waals surface area contributed by atoms with E-state index in [1.54, 1.807) is 6.07 Å². The quantitative estimate of drug-likeness (QED) is 0.872. The highest BCUT2D eigenvalue weighted by Crippen LogP contribution is 2.24. The van der Waals surface area contributed by atoms with Gasteiger partial charge in [0.1, 0.15) is 0 Å². The maximum atomic E-state index is 12.6. The fraction of sp³-hybridized carbons (Fsp3) is 0.533. The summed E-state index contributed by atoms with van der Waals surface area (Å²) < 4.78 is 25.2. The van der Waals surface area contributed by atoms with Crippen LogP contribution in [0, 0.1) is 5.92 Å². The second-order valence-corrected chi connectivity index (χ2v) is 5.38. The lowest BCUT2D eigenvalue weighted by Gasteiger charge is -2.27. The van der Waals surface area contributed by atoms with Crippen LogP contribution in [0.5, 0.6) is 0 Å². The Bertz CT molecular complexity index is 457. The Hall–Kier alpha value is -1.49. The van der Waals surface area contributed by atoms with Crippen molar-refractivity contribution in [3.63, 3.8) is 0 Å². The molecular formula is C15H20F2N2O. The second kappa shape index (κ2) is 6.79. The van der Waals surface area contributed by atoms with Crippen LogP contribution in [0.25, 0.3) is 0 Å². The largest absolute Gasteiger partial charge is 0.369 e. The van der Waals surface area contributed by atoms with Crippen LogP contribution in [0.1, 0.15) is 43.2 Å². The Morgan fingerprint density at radius 1 is 1.30 bits per heavy atom. The van der Waals surface area contributed by atoms with E-state index in [4.69, 9.17) is 5.73 Å². The van der Waals surface area contributed by atoms with E-state index in [9.17, 15) is 13.6 Å². The fourth-order valence-corrected chi connectivity index (χ4v) is 2.68. The zero-order valence-corrected chi connectivity index (χ0v) is 11.3. The highest BCUT2D eigenvalue weighted by atomic mass is 19.3. The normalized spacial score (nSPS) is 22.9. The molecule has 1 aromatic carbocycles. The van der Waals surface area contributed by atoms with Gasteiger partial charge in [0.05, 0.1) is 0 Å². The van der Waals surface area contributed by atoms with Gasteiger partial charge >= 0.3 is 0 Å². The van der Waals surface area contributed by atoms with Crippen LogP contribution in [0.3, 0.4) is 0 Å². The van der Waals surface area contributed by atoms with Crippen LogP contribution in [-0.4, -0.2) is 11.9 Å². The molecule has 2 rings (SSSR count). The topological polar surface area (TPSA) is 55.1 Å². The molecule has 3 N–H and O–H groups in total. The third-order valence-electron chi connectivity index (χ3n) is 3.93. The van der Waals surface area contributed by atoms with Crippen LogP contribution in [0.4, 0.5) is 8.78 Å². The Morgan fingerprint density at radius 2 is 2.00 bits per heavy atom. The number of carbonyl (C=O) groups excluding carboxylic acids is 1. The number of primary amides is 1. The summed E-state index contributed by atoms with van der Waals surface area (Å²) in [6.45, 7) is 0.576. The number of nitrogens with one attached hydrogen (secondary N) is 1. The lowest BCUT2D eigenvalue weighted by Crippen LogP contribution is -2.36. The lowest BCUT2D eigenvalue weighted by molar-refractivity contribution is -0.122. The van der Waals surface area contributed by atoms with E-state index >= 15 is 0 Å². The van der Waals surface area contributed by atoms with Gasteiger partial charge in [0.15, 0.2) is 0 Å². The molecule has 110 valence electrons. The number of nitrogens with two attached hydrogens (primary N) is 1. The summed E-state index contributed by atoms with van der Waals surface area (Å²) in [6, 6.07) is 6.80. The molecule has 5 heteroatoms. The Morgan fingerprint density at radius 3 is 2.60 bits per heavy atom. The van der Waals surface area contributed by atoms with E-state index < -0.39 is 6.43 Å². The molecule has 0 atom stereocenters. The van der Waals surface area contributed by atoms with Gasteiger partial charge in [0, 0.05) is 24.1 Å². The SMILES string of the molecule is NC(=O)C1CCC(NCc2cccc(C(F)F)c2)CC1. The zero-order chi connectivity index (χ0) is 14.5. The van der Waals surface area contributed by atoms with Gasteiger partial charge in [-0.15, -0.1) is 0 Å². The monoisotopic (exact) mass is 282 g/mol. The van der Waals surface area contributed by atoms with E-state index in [2.05, 4.69) is 5.32 Å². The molecule has 1 aliphatic carbocycles. The van der Waals surface area contributed by atoms with Gasteiger partial charge in [-0.1, -0.05) is 18.2 Å². The van der Waals surface area contributed by atoms with Crippen molar-refractivity contribution >= 4 is 5.91 Å². The molecule has 20 heavy (non-hydrogen) atoms. The summed E-state index contributed by atoms with van der Waals surface area (Å²) >= 11 is 0. The molecule has 1 fully saturated rings. The van der Waals surface area contributed by atoms with Gasteiger partial charge < -0.3 is 11.1 Å². The maximum Gasteiger partial charge on any atom is 0.263 e. The smallest absolute Gasteiger partial charge is 0.263 e. The molecule has 0 spiro atoms. The highest BCUT2D eigenvalue weighted by Gasteiger charge is 2.24. The molecule has 0 unspecified atom stereocenters. The van der Waals surface area contributed by atoms with Gasteiger partial charge in [-0.3, -0.25) is 4.79 Å². The highest BCUT2D eigenvalue weighted by molar-refractivity contribution is 5.76. The number of amides is 1. The van der Waals surface area contributed by atoms with Gasteiger partial charge in [0.2, 0.25) is 5.91 Å². The van der Waals surface area contributed by atoms with Crippen LogP contribution in [-0.2, 0) is 11.3 Å². The van der Waals surface area contributed by atoms with Crippen LogP contribution in [0.15, 0.2) is 24.3 Å². The second-order valence-electron chi connectivity index (χ2n) is 5.38. The van der Waals surface area contributed by atoms with Crippen molar-refractivity contribution in [3.05, 3.63) is 35.4 Å². The summed E-state index contributed by atoms with van der Waals surface area (Å²) in [7, 11) is 0. The number of hydrogen-bond acceptors (Lipinski definition) is 2. The average Bonchev–Trinajstić information content (AvgIpc) is 2.46. The van der Waals surface area contributed by atoms with E-state index in [0.29, 0.717) is 12.6 Å². The van der Waals surface area contributed by atoms with Crippen LogP contribution in [0.2, 0.25) is 0 Å². The molecule has 0 saturated heterocycles. The third kappa shape index (κ3) is 4.00. The number of alkyl halides is 2. The van der Waals surface area contributed by atoms with E-state index in [1.807, 2.05) is 6.07 Å². The molecule has 1 amide bonds. The molecule has 1 aliphatic rings. The predicted octanol–water partition coefficient (Wildman–Crippen LogP) is 2.76. The Labute approximate surface area is 117 Å². The minimum atomic E-state index is -2.43. The molecule has 1 saturated carbocycles. The first-order valence-electron chi connectivity index (χ1n) is 6.96. The van der Waals surface area contributed by atoms with Crippen molar-refractivity contribution in [1.29, 1.82) is 0 Å². The number of carbonyl (C=O) groups is 1. The molecule has 3 nitrogen and oxygen atoms in total. The van der Waals surface area contributed by atoms with Crippen molar-refractivity contribution in [2.24, 2.45) is 11.7 Å². The first kappa shape index (κ1) is 14.9. The Balaban J connectivity index is 1.81. The van der Waals surface area contributed by atoms with Gasteiger partial charge in [0.25, 0.3) is 6.43 Å². The zero-order valence-electron chi connectivity index (χ0n) is 11.3. The van der Waals surface area contributed by atoms with Gasteiger partial charge in [-0.25, -0.2) is 8.78 Å². The summed E-state index contributed by atoms with van der Waals surface area (Å²) in [6.07, 6.45) is 0.999. The number of hydrogen-bond donors (Lipinski definition) is 2. The summed E-state index contributed by atoms with van der Waals surface area (Å²) in [5.74, 6) is -0.219. The fourth-order valence-electron chi connectivity index (χ4n) is 2.68. The lowest BCUT2D eigenvalue weighted by atomic mass is 9.85. The first-order chi connectivity index (χ1) is 9.56. The predicted molar refractivity (Wildman–Crippen MR) is 73.2 cm³/mol. The van der Waals surface area contributed by atoms with E-state index in [-0.39, 0.29) is 17.4 Å². The van der Waals surface area contributed by atoms with Crippen molar-refractivity contribution in [1.82, 2.24) is 5.32 Å². The Kier molecular flexibility index (Phi) is 5.06. The standard InChI is InChI=1S/C15H20F2N2O/c16-14(17)12-3-1-2-10(8-12)9-19-13-6-4-11(5-7-13)15(18)20/h1-3,8,11,13-14,19H,4-7,9H2,(H2,18,20). The average molecular weight is 282 g/mol. The molecule has 0 aromatic heterocycles. The van der Waals surface area contributed by atoms with Crippen molar-refractivity contribution in [2.75, 3.05) is 0 Å². The number of benzene rings is 1. The number of rotatable bonds is 5. The maximum absolute atomic E-state index is 12.6.